The minimum atomic E-state index is -0.520. The molecule has 0 aliphatic carbocycles. The first-order chi connectivity index (χ1) is 9.69. The van der Waals surface area contributed by atoms with Gasteiger partial charge in [0.2, 0.25) is 0 Å². The molecule has 2 rings (SSSR count). The third-order valence-corrected chi connectivity index (χ3v) is 2.71. The van der Waals surface area contributed by atoms with E-state index in [0.29, 0.717) is 12.2 Å². The first kappa shape index (κ1) is 13.9. The summed E-state index contributed by atoms with van der Waals surface area (Å²) in [7, 11) is 1.39. The van der Waals surface area contributed by atoms with Gasteiger partial charge < -0.3 is 15.4 Å². The van der Waals surface area contributed by atoms with Gasteiger partial charge in [0.15, 0.2) is 11.6 Å². The van der Waals surface area contributed by atoms with Gasteiger partial charge in [-0.25, -0.2) is 9.18 Å². The molecule has 2 aromatic rings. The summed E-state index contributed by atoms with van der Waals surface area (Å²) < 4.78 is 18.3. The van der Waals surface area contributed by atoms with Crippen molar-refractivity contribution in [3.8, 4) is 5.75 Å². The summed E-state index contributed by atoms with van der Waals surface area (Å²) in [6.45, 7) is 0.408. The predicted octanol–water partition coefficient (Wildman–Crippen LogP) is 3.16. The Balaban J connectivity index is 1.90. The number of amides is 2. The third kappa shape index (κ3) is 3.71. The zero-order valence-electron chi connectivity index (χ0n) is 11.0. The smallest absolute Gasteiger partial charge is 0.319 e. The Hall–Kier alpha value is -2.56. The lowest BCUT2D eigenvalue weighted by molar-refractivity contribution is 0.251. The summed E-state index contributed by atoms with van der Waals surface area (Å²) in [5.74, 6) is -0.381. The van der Waals surface area contributed by atoms with Crippen molar-refractivity contribution >= 4 is 11.7 Å². The van der Waals surface area contributed by atoms with Gasteiger partial charge in [0.05, 0.1) is 7.11 Å². The number of hydrogen-bond donors (Lipinski definition) is 2. The highest BCUT2D eigenvalue weighted by molar-refractivity contribution is 5.89. The molecule has 0 fully saturated rings. The fourth-order valence-electron chi connectivity index (χ4n) is 1.70. The average Bonchev–Trinajstić information content (AvgIpc) is 2.46. The van der Waals surface area contributed by atoms with E-state index in [2.05, 4.69) is 10.6 Å². The van der Waals surface area contributed by atoms with Gasteiger partial charge in [0.25, 0.3) is 0 Å². The molecule has 0 saturated carbocycles. The summed E-state index contributed by atoms with van der Waals surface area (Å²) in [5.41, 5.74) is 1.36. The molecule has 0 bridgehead atoms. The van der Waals surface area contributed by atoms with E-state index in [9.17, 15) is 9.18 Å². The number of nitrogens with one attached hydrogen (secondary N) is 2. The topological polar surface area (TPSA) is 50.4 Å². The van der Waals surface area contributed by atoms with Crippen LogP contribution in [-0.2, 0) is 6.54 Å². The molecular formula is C15H15FN2O2. The molecule has 2 amide bonds. The Morgan fingerprint density at radius 1 is 1.20 bits per heavy atom. The van der Waals surface area contributed by atoms with E-state index in [1.165, 1.54) is 19.2 Å². The maximum atomic E-state index is 13.5. The summed E-state index contributed by atoms with van der Waals surface area (Å²) in [6, 6.07) is 13.4. The second kappa shape index (κ2) is 6.56. The van der Waals surface area contributed by atoms with Crippen molar-refractivity contribution in [3.05, 3.63) is 59.9 Å². The van der Waals surface area contributed by atoms with E-state index in [-0.39, 0.29) is 5.75 Å². The highest BCUT2D eigenvalue weighted by Gasteiger charge is 2.06. The number of ether oxygens (including phenoxy) is 1. The van der Waals surface area contributed by atoms with Gasteiger partial charge in [-0.05, 0) is 17.7 Å². The van der Waals surface area contributed by atoms with Crippen LogP contribution in [0.25, 0.3) is 0 Å². The Kier molecular flexibility index (Phi) is 4.55. The van der Waals surface area contributed by atoms with Gasteiger partial charge in [-0.3, -0.25) is 0 Å². The Labute approximate surface area is 116 Å². The van der Waals surface area contributed by atoms with Crippen LogP contribution in [-0.4, -0.2) is 13.1 Å². The van der Waals surface area contributed by atoms with Gasteiger partial charge in [-0.2, -0.15) is 0 Å². The van der Waals surface area contributed by atoms with Crippen molar-refractivity contribution < 1.29 is 13.9 Å². The normalized spacial score (nSPS) is 9.90. The van der Waals surface area contributed by atoms with Crippen LogP contribution in [0.3, 0.4) is 0 Å². The second-order valence-electron chi connectivity index (χ2n) is 4.14. The van der Waals surface area contributed by atoms with Gasteiger partial charge in [0.1, 0.15) is 0 Å². The van der Waals surface area contributed by atoms with Gasteiger partial charge in [-0.15, -0.1) is 0 Å². The Morgan fingerprint density at radius 3 is 2.60 bits per heavy atom. The van der Waals surface area contributed by atoms with E-state index >= 15 is 0 Å². The van der Waals surface area contributed by atoms with Gasteiger partial charge in [0, 0.05) is 18.3 Å². The van der Waals surface area contributed by atoms with Crippen molar-refractivity contribution in [2.24, 2.45) is 0 Å². The van der Waals surface area contributed by atoms with Crippen molar-refractivity contribution in [1.82, 2.24) is 5.32 Å². The molecule has 0 unspecified atom stereocenters. The highest BCUT2D eigenvalue weighted by atomic mass is 19.1. The first-order valence-electron chi connectivity index (χ1n) is 6.11. The molecule has 2 aromatic carbocycles. The van der Waals surface area contributed by atoms with E-state index in [1.54, 1.807) is 6.07 Å². The van der Waals surface area contributed by atoms with Crippen molar-refractivity contribution in [2.45, 2.75) is 6.54 Å². The first-order valence-corrected chi connectivity index (χ1v) is 6.11. The molecule has 0 aliphatic rings. The lowest BCUT2D eigenvalue weighted by Gasteiger charge is -2.09. The van der Waals surface area contributed by atoms with Crippen LogP contribution in [0.4, 0.5) is 14.9 Å². The molecule has 20 heavy (non-hydrogen) atoms. The SMILES string of the molecule is COc1ccc(NC(=O)NCc2ccccc2)cc1F. The number of rotatable bonds is 4. The van der Waals surface area contributed by atoms with E-state index < -0.39 is 11.8 Å². The van der Waals surface area contributed by atoms with E-state index in [4.69, 9.17) is 4.74 Å². The number of halogens is 1. The Bertz CT molecular complexity index is 588. The molecule has 0 atom stereocenters. The minimum Gasteiger partial charge on any atom is -0.494 e. The summed E-state index contributed by atoms with van der Waals surface area (Å²) in [5, 5.41) is 5.25. The van der Waals surface area contributed by atoms with Crippen LogP contribution in [0.5, 0.6) is 5.75 Å². The number of urea groups is 1. The van der Waals surface area contributed by atoms with E-state index in [0.717, 1.165) is 5.56 Å². The monoisotopic (exact) mass is 274 g/mol. The zero-order chi connectivity index (χ0) is 14.4. The van der Waals surface area contributed by atoms with Crippen molar-refractivity contribution in [2.75, 3.05) is 12.4 Å². The largest absolute Gasteiger partial charge is 0.494 e. The molecule has 0 aliphatic heterocycles. The molecule has 0 saturated heterocycles. The molecule has 0 spiro atoms. The van der Waals surface area contributed by atoms with Gasteiger partial charge >= 0.3 is 6.03 Å². The maximum absolute atomic E-state index is 13.5. The molecule has 2 N–H and O–H groups in total. The van der Waals surface area contributed by atoms with Crippen LogP contribution >= 0.6 is 0 Å². The van der Waals surface area contributed by atoms with Crippen LogP contribution in [0, 0.1) is 5.82 Å². The molecule has 104 valence electrons. The molecule has 0 aromatic heterocycles. The third-order valence-electron chi connectivity index (χ3n) is 2.71. The molecule has 0 radical (unpaired) electrons. The number of anilines is 1. The number of carbonyl (C=O) groups excluding carboxylic acids is 1. The van der Waals surface area contributed by atoms with Crippen LogP contribution in [0.15, 0.2) is 48.5 Å². The number of hydrogen-bond acceptors (Lipinski definition) is 2. The summed E-state index contributed by atoms with van der Waals surface area (Å²) >= 11 is 0. The number of methoxy groups -OCH3 is 1. The number of carbonyl (C=O) groups is 1. The minimum absolute atomic E-state index is 0.139. The predicted molar refractivity (Wildman–Crippen MR) is 75.3 cm³/mol. The van der Waals surface area contributed by atoms with Crippen LogP contribution < -0.4 is 15.4 Å². The molecule has 5 heteroatoms. The van der Waals surface area contributed by atoms with Gasteiger partial charge in [-0.1, -0.05) is 30.3 Å². The molecule has 4 nitrogen and oxygen atoms in total. The van der Waals surface area contributed by atoms with Crippen LogP contribution in [0.2, 0.25) is 0 Å². The van der Waals surface area contributed by atoms with Crippen molar-refractivity contribution in [3.63, 3.8) is 0 Å². The number of benzene rings is 2. The van der Waals surface area contributed by atoms with Crippen molar-refractivity contribution in [1.29, 1.82) is 0 Å². The van der Waals surface area contributed by atoms with Crippen LogP contribution in [0.1, 0.15) is 5.56 Å². The standard InChI is InChI=1S/C15H15FN2O2/c1-20-14-8-7-12(9-13(14)16)18-15(19)17-10-11-5-3-2-4-6-11/h2-9H,10H2,1H3,(H2,17,18,19). The summed E-state index contributed by atoms with van der Waals surface area (Å²) in [6.07, 6.45) is 0. The second-order valence-corrected chi connectivity index (χ2v) is 4.14. The maximum Gasteiger partial charge on any atom is 0.319 e. The Morgan fingerprint density at radius 2 is 1.95 bits per heavy atom. The van der Waals surface area contributed by atoms with E-state index in [1.807, 2.05) is 30.3 Å². The lowest BCUT2D eigenvalue weighted by atomic mass is 10.2. The quantitative estimate of drug-likeness (QED) is 0.899. The fourth-order valence-corrected chi connectivity index (χ4v) is 1.70. The highest BCUT2D eigenvalue weighted by Crippen LogP contribution is 2.20. The summed E-state index contributed by atoms with van der Waals surface area (Å²) in [4.78, 5) is 11.7. The fraction of sp³-hybridized carbons (Fsp3) is 0.133. The molecular weight excluding hydrogens is 259 g/mol. The average molecular weight is 274 g/mol. The zero-order valence-corrected chi connectivity index (χ0v) is 11.0. The lowest BCUT2D eigenvalue weighted by Crippen LogP contribution is -2.28. The molecule has 0 heterocycles.